The van der Waals surface area contributed by atoms with Crippen molar-refractivity contribution in [3.63, 3.8) is 0 Å². The molecule has 0 radical (unpaired) electrons. The molecule has 3 N–H and O–H groups in total. The summed E-state index contributed by atoms with van der Waals surface area (Å²) in [6.07, 6.45) is 1.24. The fourth-order valence-corrected chi connectivity index (χ4v) is 4.49. The van der Waals surface area contributed by atoms with E-state index in [4.69, 9.17) is 14.3 Å². The maximum Gasteiger partial charge on any atom is 0.369 e. The number of aromatic amines is 1. The standard InChI is InChI=1S/C20H19N7O6S2/c1-4-32-19(29)18-26-27(12-5-7-13(8-6-12)35(21,30)31)20(34-18)25-24-10(2)14-11(3)33-17-15(14)16(28)22-9-23-17/h5-9H,4H2,1-3H3,(H2,21,30,31)(H,22,23,28)/b24-10-,25-20-. The lowest BCUT2D eigenvalue weighted by Gasteiger charge is -2.03. The predicted octanol–water partition coefficient (Wildman–Crippen LogP) is 1.22. The number of ether oxygens (including phenoxy) is 1. The van der Waals surface area contributed by atoms with Crippen LogP contribution in [0.4, 0.5) is 0 Å². The molecule has 0 fully saturated rings. The van der Waals surface area contributed by atoms with E-state index in [0.717, 1.165) is 11.3 Å². The highest BCUT2D eigenvalue weighted by Crippen LogP contribution is 2.21. The zero-order valence-electron chi connectivity index (χ0n) is 18.7. The second-order valence-electron chi connectivity index (χ2n) is 7.09. The third-order valence-electron chi connectivity index (χ3n) is 4.74. The molecule has 0 saturated heterocycles. The lowest BCUT2D eigenvalue weighted by atomic mass is 10.1. The van der Waals surface area contributed by atoms with Crippen LogP contribution >= 0.6 is 11.3 Å². The number of esters is 1. The Morgan fingerprint density at radius 2 is 2.03 bits per heavy atom. The van der Waals surface area contributed by atoms with Crippen LogP contribution in [0.5, 0.6) is 0 Å². The summed E-state index contributed by atoms with van der Waals surface area (Å²) in [5, 5.41) is 18.1. The van der Waals surface area contributed by atoms with Gasteiger partial charge >= 0.3 is 5.97 Å². The van der Waals surface area contributed by atoms with Crippen molar-refractivity contribution in [2.75, 3.05) is 6.61 Å². The highest BCUT2D eigenvalue weighted by atomic mass is 32.2. The summed E-state index contributed by atoms with van der Waals surface area (Å²) in [6.45, 7) is 5.14. The largest absolute Gasteiger partial charge is 0.461 e. The van der Waals surface area contributed by atoms with Gasteiger partial charge in [0.2, 0.25) is 25.5 Å². The molecule has 3 aromatic heterocycles. The van der Waals surface area contributed by atoms with Crippen molar-refractivity contribution in [1.29, 1.82) is 0 Å². The minimum atomic E-state index is -3.89. The number of primary sulfonamides is 1. The van der Waals surface area contributed by atoms with E-state index in [1.807, 2.05) is 0 Å². The minimum absolute atomic E-state index is 0.0135. The first-order valence-electron chi connectivity index (χ1n) is 10.1. The van der Waals surface area contributed by atoms with Crippen LogP contribution in [0.25, 0.3) is 16.8 Å². The Hall–Kier alpha value is -3.95. The summed E-state index contributed by atoms with van der Waals surface area (Å²) >= 11 is 0.919. The molecule has 35 heavy (non-hydrogen) atoms. The number of carbonyl (C=O) groups excluding carboxylic acids is 1. The maximum atomic E-state index is 12.3. The van der Waals surface area contributed by atoms with Crippen LogP contribution in [0.3, 0.4) is 0 Å². The van der Waals surface area contributed by atoms with E-state index in [9.17, 15) is 18.0 Å². The first-order chi connectivity index (χ1) is 16.6. The van der Waals surface area contributed by atoms with Crippen LogP contribution in [0.2, 0.25) is 0 Å². The van der Waals surface area contributed by atoms with Gasteiger partial charge in [0, 0.05) is 0 Å². The number of aryl methyl sites for hydroxylation is 1. The van der Waals surface area contributed by atoms with Gasteiger partial charge in [-0.1, -0.05) is 11.3 Å². The summed E-state index contributed by atoms with van der Waals surface area (Å²) < 4.78 is 35.0. The van der Waals surface area contributed by atoms with Crippen LogP contribution in [0.1, 0.15) is 35.0 Å². The Morgan fingerprint density at radius 3 is 2.69 bits per heavy atom. The fraction of sp³-hybridized carbons (Fsp3) is 0.200. The lowest BCUT2D eigenvalue weighted by molar-refractivity contribution is 0.0524. The summed E-state index contributed by atoms with van der Waals surface area (Å²) in [6, 6.07) is 5.53. The fourth-order valence-electron chi connectivity index (χ4n) is 3.22. The number of hydrogen-bond acceptors (Lipinski definition) is 11. The van der Waals surface area contributed by atoms with E-state index < -0.39 is 16.0 Å². The molecule has 0 amide bonds. The van der Waals surface area contributed by atoms with Crippen LogP contribution in [-0.4, -0.2) is 46.5 Å². The molecule has 0 aliphatic rings. The van der Waals surface area contributed by atoms with Gasteiger partial charge in [-0.15, -0.1) is 10.2 Å². The van der Waals surface area contributed by atoms with Gasteiger partial charge in [-0.2, -0.15) is 5.10 Å². The average molecular weight is 518 g/mol. The summed E-state index contributed by atoms with van der Waals surface area (Å²) in [4.78, 5) is 31.2. The average Bonchev–Trinajstić information content (AvgIpc) is 3.39. The van der Waals surface area contributed by atoms with Crippen molar-refractivity contribution < 1.29 is 22.4 Å². The SMILES string of the molecule is CCOC(=O)c1nn(-c2ccc(S(N)(=O)=O)cc2)/c(=N/N=C(/C)c2c(C)oc3nc[nH]c(=O)c23)s1. The number of fused-ring (bicyclic) bond motifs is 1. The van der Waals surface area contributed by atoms with Crippen molar-refractivity contribution in [3.05, 3.63) is 62.1 Å². The molecule has 0 saturated carbocycles. The van der Waals surface area contributed by atoms with Crippen molar-refractivity contribution in [3.8, 4) is 5.69 Å². The van der Waals surface area contributed by atoms with Gasteiger partial charge in [0.1, 0.15) is 11.1 Å². The monoisotopic (exact) mass is 517 g/mol. The van der Waals surface area contributed by atoms with Crippen LogP contribution in [0.15, 0.2) is 54.9 Å². The molecule has 0 atom stereocenters. The van der Waals surface area contributed by atoms with Gasteiger partial charge in [-0.3, -0.25) is 4.79 Å². The number of carbonyl (C=O) groups is 1. The Bertz CT molecular complexity index is 1690. The zero-order valence-corrected chi connectivity index (χ0v) is 20.3. The minimum Gasteiger partial charge on any atom is -0.461 e. The van der Waals surface area contributed by atoms with E-state index >= 15 is 0 Å². The summed E-state index contributed by atoms with van der Waals surface area (Å²) in [5.41, 5.74) is 0.993. The number of H-pyrrole nitrogens is 1. The van der Waals surface area contributed by atoms with Gasteiger partial charge < -0.3 is 14.1 Å². The lowest BCUT2D eigenvalue weighted by Crippen LogP contribution is -2.16. The molecule has 1 aromatic carbocycles. The number of benzene rings is 1. The molecule has 4 aromatic rings. The molecular weight excluding hydrogens is 498 g/mol. The molecular formula is C20H19N7O6S2. The van der Waals surface area contributed by atoms with Crippen LogP contribution in [0, 0.1) is 6.92 Å². The number of sulfonamides is 1. The number of nitrogens with one attached hydrogen (secondary N) is 1. The molecule has 0 bridgehead atoms. The van der Waals surface area contributed by atoms with Gasteiger partial charge in [0.25, 0.3) is 5.56 Å². The first-order valence-corrected chi connectivity index (χ1v) is 12.4. The topological polar surface area (TPSA) is 188 Å². The maximum absolute atomic E-state index is 12.3. The Kier molecular flexibility index (Phi) is 6.47. The number of rotatable bonds is 6. The Labute approximate surface area is 201 Å². The molecule has 0 unspecified atom stereocenters. The van der Waals surface area contributed by atoms with Crippen molar-refractivity contribution in [2.45, 2.75) is 25.7 Å². The van der Waals surface area contributed by atoms with E-state index in [-0.39, 0.29) is 38.0 Å². The third kappa shape index (κ3) is 4.82. The molecule has 0 spiro atoms. The molecule has 4 rings (SSSR count). The molecule has 3 heterocycles. The third-order valence-corrected chi connectivity index (χ3v) is 6.55. The number of nitrogens with two attached hydrogens (primary N) is 1. The van der Waals surface area contributed by atoms with Crippen LogP contribution < -0.4 is 15.5 Å². The molecule has 13 nitrogen and oxygen atoms in total. The quantitative estimate of drug-likeness (QED) is 0.217. The number of aromatic nitrogens is 4. The van der Waals surface area contributed by atoms with Gasteiger partial charge in [0.05, 0.1) is 34.8 Å². The summed E-state index contributed by atoms with van der Waals surface area (Å²) in [5.74, 6) is -0.215. The highest BCUT2D eigenvalue weighted by molar-refractivity contribution is 7.89. The van der Waals surface area contributed by atoms with Gasteiger partial charge in [0.15, 0.2) is 0 Å². The zero-order chi connectivity index (χ0) is 25.3. The smallest absolute Gasteiger partial charge is 0.369 e. The predicted molar refractivity (Wildman–Crippen MR) is 126 cm³/mol. The Balaban J connectivity index is 1.85. The normalized spacial score (nSPS) is 12.9. The number of nitrogens with zero attached hydrogens (tertiary/aromatic N) is 5. The second kappa shape index (κ2) is 9.36. The van der Waals surface area contributed by atoms with Gasteiger partial charge in [-0.25, -0.2) is 28.0 Å². The summed E-state index contributed by atoms with van der Waals surface area (Å²) in [7, 11) is -3.89. The second-order valence-corrected chi connectivity index (χ2v) is 9.61. The van der Waals surface area contributed by atoms with Crippen LogP contribution in [-0.2, 0) is 14.8 Å². The highest BCUT2D eigenvalue weighted by Gasteiger charge is 2.19. The van der Waals surface area contributed by atoms with Gasteiger partial charge in [-0.05, 0) is 45.0 Å². The Morgan fingerprint density at radius 1 is 1.31 bits per heavy atom. The van der Waals surface area contributed by atoms with Crippen molar-refractivity contribution in [1.82, 2.24) is 19.7 Å². The molecule has 15 heteroatoms. The molecule has 0 aliphatic heterocycles. The van der Waals surface area contributed by atoms with Crippen molar-refractivity contribution in [2.24, 2.45) is 15.3 Å². The van der Waals surface area contributed by atoms with E-state index in [1.165, 1.54) is 35.3 Å². The first kappa shape index (κ1) is 24.2. The number of furan rings is 1. The van der Waals surface area contributed by atoms with Crippen molar-refractivity contribution >= 4 is 44.1 Å². The molecule has 0 aliphatic carbocycles. The molecule has 182 valence electrons. The van der Waals surface area contributed by atoms with E-state index in [0.29, 0.717) is 22.7 Å². The number of hydrogen-bond donors (Lipinski definition) is 2. The van der Waals surface area contributed by atoms with E-state index in [1.54, 1.807) is 20.8 Å². The van der Waals surface area contributed by atoms with E-state index in [2.05, 4.69) is 25.3 Å².